The maximum atomic E-state index is 13.2. The van der Waals surface area contributed by atoms with Gasteiger partial charge < -0.3 is 14.2 Å². The van der Waals surface area contributed by atoms with Crippen LogP contribution in [0.4, 0.5) is 0 Å². The number of amides is 1. The Morgan fingerprint density at radius 1 is 1.03 bits per heavy atom. The lowest BCUT2D eigenvalue weighted by Crippen LogP contribution is -2.50. The van der Waals surface area contributed by atoms with Crippen molar-refractivity contribution in [3.05, 3.63) is 33.7 Å². The van der Waals surface area contributed by atoms with Gasteiger partial charge in [0.2, 0.25) is 5.91 Å². The van der Waals surface area contributed by atoms with E-state index in [1.54, 1.807) is 0 Å². The summed E-state index contributed by atoms with van der Waals surface area (Å²) in [6, 6.07) is 4.24. The number of nitrogens with zero attached hydrogens (tertiary/aromatic N) is 3. The highest BCUT2D eigenvalue weighted by Crippen LogP contribution is 2.36. The minimum absolute atomic E-state index is 0.203. The Hall–Kier alpha value is -1.66. The van der Waals surface area contributed by atoms with Crippen LogP contribution in [0.3, 0.4) is 0 Å². The molecule has 1 amide bonds. The van der Waals surface area contributed by atoms with E-state index in [0.29, 0.717) is 30.1 Å². The fraction of sp³-hybridized carbons (Fsp3) is 0.750. The number of pyridine rings is 1. The van der Waals surface area contributed by atoms with Crippen molar-refractivity contribution in [2.75, 3.05) is 39.4 Å². The minimum atomic E-state index is 0.203. The fourth-order valence-electron chi connectivity index (χ4n) is 6.00. The van der Waals surface area contributed by atoms with Gasteiger partial charge in [0, 0.05) is 63.0 Å². The van der Waals surface area contributed by atoms with Gasteiger partial charge in [-0.1, -0.05) is 12.5 Å². The molecular formula is C24H35N3O3. The molecule has 0 saturated carbocycles. The monoisotopic (exact) mass is 413 g/mol. The lowest BCUT2D eigenvalue weighted by Gasteiger charge is -2.43. The summed E-state index contributed by atoms with van der Waals surface area (Å²) in [5, 5.41) is 0. The number of hydrogen-bond acceptors (Lipinski definition) is 4. The molecule has 1 aromatic rings. The highest BCUT2D eigenvalue weighted by Gasteiger charge is 2.37. The van der Waals surface area contributed by atoms with E-state index in [4.69, 9.17) is 4.74 Å². The van der Waals surface area contributed by atoms with Gasteiger partial charge in [-0.05, 0) is 63.1 Å². The Balaban J connectivity index is 1.28. The summed E-state index contributed by atoms with van der Waals surface area (Å²) in [6.45, 7) is 6.92. The van der Waals surface area contributed by atoms with Gasteiger partial charge in [-0.2, -0.15) is 0 Å². The van der Waals surface area contributed by atoms with Crippen LogP contribution in [-0.4, -0.2) is 59.7 Å². The number of aromatic nitrogens is 1. The van der Waals surface area contributed by atoms with Crippen molar-refractivity contribution >= 4 is 5.91 Å². The molecule has 4 aliphatic rings. The van der Waals surface area contributed by atoms with Gasteiger partial charge in [-0.15, -0.1) is 0 Å². The predicted octanol–water partition coefficient (Wildman–Crippen LogP) is 2.60. The van der Waals surface area contributed by atoms with E-state index in [9.17, 15) is 9.59 Å². The third-order valence-electron chi connectivity index (χ3n) is 7.68. The highest BCUT2D eigenvalue weighted by molar-refractivity contribution is 5.76. The molecule has 5 rings (SSSR count). The smallest absolute Gasteiger partial charge is 0.255 e. The van der Waals surface area contributed by atoms with Gasteiger partial charge >= 0.3 is 0 Å². The first-order valence-electron chi connectivity index (χ1n) is 12.0. The molecule has 30 heavy (non-hydrogen) atoms. The predicted molar refractivity (Wildman–Crippen MR) is 115 cm³/mol. The molecule has 0 radical (unpaired) electrons. The van der Waals surface area contributed by atoms with Crippen molar-refractivity contribution in [2.24, 2.45) is 11.8 Å². The largest absolute Gasteiger partial charge is 0.381 e. The normalized spacial score (nSPS) is 27.7. The zero-order valence-electron chi connectivity index (χ0n) is 18.1. The molecule has 164 valence electrons. The van der Waals surface area contributed by atoms with Crippen molar-refractivity contribution in [2.45, 2.75) is 64.0 Å². The minimum Gasteiger partial charge on any atom is -0.381 e. The van der Waals surface area contributed by atoms with E-state index >= 15 is 0 Å². The van der Waals surface area contributed by atoms with Crippen molar-refractivity contribution in [1.82, 2.24) is 14.4 Å². The second-order valence-corrected chi connectivity index (χ2v) is 9.89. The van der Waals surface area contributed by atoms with E-state index in [1.807, 2.05) is 4.57 Å². The number of fused-ring (bicyclic) bond motifs is 4. The first kappa shape index (κ1) is 20.3. The second kappa shape index (κ2) is 8.83. The summed E-state index contributed by atoms with van der Waals surface area (Å²) in [5.41, 5.74) is 2.28. The number of carbonyl (C=O) groups excluding carboxylic acids is 1. The van der Waals surface area contributed by atoms with E-state index in [2.05, 4.69) is 21.9 Å². The quantitative estimate of drug-likeness (QED) is 0.761. The average molecular weight is 414 g/mol. The molecule has 0 unspecified atom stereocenters. The lowest BCUT2D eigenvalue weighted by atomic mass is 9.82. The van der Waals surface area contributed by atoms with E-state index in [-0.39, 0.29) is 5.56 Å². The third-order valence-corrected chi connectivity index (χ3v) is 7.68. The van der Waals surface area contributed by atoms with E-state index in [1.165, 1.54) is 19.3 Å². The lowest BCUT2D eigenvalue weighted by molar-refractivity contribution is -0.135. The van der Waals surface area contributed by atoms with Crippen LogP contribution in [0.15, 0.2) is 16.9 Å². The highest BCUT2D eigenvalue weighted by atomic mass is 16.5. The maximum Gasteiger partial charge on any atom is 0.255 e. The van der Waals surface area contributed by atoms with Crippen LogP contribution in [0.25, 0.3) is 0 Å². The number of piperidine rings is 2. The van der Waals surface area contributed by atoms with Crippen LogP contribution >= 0.6 is 0 Å². The SMILES string of the molecule is O=C(CC1CCOCC1)N1C[C@@H]2C[C@H](C1)c1ccc(CN3CCCCC3)c(=O)n1C2. The third kappa shape index (κ3) is 4.22. The molecule has 4 aliphatic heterocycles. The van der Waals surface area contributed by atoms with Gasteiger partial charge in [0.25, 0.3) is 5.56 Å². The molecular weight excluding hydrogens is 378 g/mol. The Kier molecular flexibility index (Phi) is 5.96. The Morgan fingerprint density at radius 3 is 2.63 bits per heavy atom. The summed E-state index contributed by atoms with van der Waals surface area (Å²) >= 11 is 0. The molecule has 3 saturated heterocycles. The summed E-state index contributed by atoms with van der Waals surface area (Å²) in [6.07, 6.45) is 7.57. The van der Waals surface area contributed by atoms with Crippen LogP contribution < -0.4 is 5.56 Å². The Bertz CT molecular complexity index is 823. The van der Waals surface area contributed by atoms with Crippen LogP contribution in [-0.2, 0) is 22.6 Å². The van der Waals surface area contributed by atoms with Crippen molar-refractivity contribution < 1.29 is 9.53 Å². The van der Waals surface area contributed by atoms with Gasteiger partial charge in [-0.25, -0.2) is 0 Å². The molecule has 6 heteroatoms. The molecule has 0 spiro atoms. The van der Waals surface area contributed by atoms with Crippen LogP contribution in [0.1, 0.15) is 62.1 Å². The molecule has 6 nitrogen and oxygen atoms in total. The first-order valence-corrected chi connectivity index (χ1v) is 12.0. The first-order chi connectivity index (χ1) is 14.7. The standard InChI is InChI=1S/C24H35N3O3/c28-23(13-18-6-10-30-11-7-18)26-14-19-12-21(17-26)22-5-4-20(24(29)27(22)15-19)16-25-8-2-1-3-9-25/h4-5,18-19,21H,1-3,6-17H2/t19-,21+/m0/s1. The molecule has 2 atom stereocenters. The zero-order chi connectivity index (χ0) is 20.5. The number of rotatable bonds is 4. The maximum absolute atomic E-state index is 13.2. The van der Waals surface area contributed by atoms with Crippen molar-refractivity contribution in [1.29, 1.82) is 0 Å². The average Bonchev–Trinajstić information content (AvgIpc) is 2.77. The summed E-state index contributed by atoms with van der Waals surface area (Å²) in [4.78, 5) is 30.7. The Morgan fingerprint density at radius 2 is 1.83 bits per heavy atom. The van der Waals surface area contributed by atoms with Gasteiger partial charge in [0.1, 0.15) is 0 Å². The van der Waals surface area contributed by atoms with Gasteiger partial charge in [0.05, 0.1) is 0 Å². The topological polar surface area (TPSA) is 54.8 Å². The number of likely N-dealkylation sites (tertiary alicyclic amines) is 2. The number of hydrogen-bond donors (Lipinski definition) is 0. The summed E-state index contributed by atoms with van der Waals surface area (Å²) < 4.78 is 7.47. The van der Waals surface area contributed by atoms with Gasteiger partial charge in [-0.3, -0.25) is 14.5 Å². The zero-order valence-corrected chi connectivity index (χ0v) is 18.1. The summed E-state index contributed by atoms with van der Waals surface area (Å²) in [5.74, 6) is 1.47. The molecule has 5 heterocycles. The van der Waals surface area contributed by atoms with Gasteiger partial charge in [0.15, 0.2) is 0 Å². The molecule has 0 aromatic carbocycles. The fourth-order valence-corrected chi connectivity index (χ4v) is 6.00. The van der Waals surface area contributed by atoms with Crippen LogP contribution in [0.2, 0.25) is 0 Å². The molecule has 0 aliphatic carbocycles. The van der Waals surface area contributed by atoms with E-state index in [0.717, 1.165) is 83.0 Å². The molecule has 3 fully saturated rings. The molecule has 0 N–H and O–H groups in total. The molecule has 2 bridgehead atoms. The summed E-state index contributed by atoms with van der Waals surface area (Å²) in [7, 11) is 0. The number of ether oxygens (including phenoxy) is 1. The number of carbonyl (C=O) groups is 1. The second-order valence-electron chi connectivity index (χ2n) is 9.89. The van der Waals surface area contributed by atoms with Crippen molar-refractivity contribution in [3.63, 3.8) is 0 Å². The van der Waals surface area contributed by atoms with Crippen molar-refractivity contribution in [3.8, 4) is 0 Å². The van der Waals surface area contributed by atoms with Crippen LogP contribution in [0.5, 0.6) is 0 Å². The Labute approximate surface area is 179 Å². The van der Waals surface area contributed by atoms with E-state index < -0.39 is 0 Å². The molecule has 1 aromatic heterocycles. The van der Waals surface area contributed by atoms with Crippen LogP contribution in [0, 0.1) is 11.8 Å².